The Kier molecular flexibility index (Phi) is 3.53. The molecule has 116 valence electrons. The molecule has 2 aromatic carbocycles. The molecule has 0 spiro atoms. The molecule has 0 saturated heterocycles. The maximum absolute atomic E-state index is 13.3. The summed E-state index contributed by atoms with van der Waals surface area (Å²) in [5, 5.41) is 20.5. The first-order valence-corrected chi connectivity index (χ1v) is 6.63. The van der Waals surface area contributed by atoms with E-state index < -0.39 is 22.6 Å². The van der Waals surface area contributed by atoms with E-state index in [9.17, 15) is 19.3 Å². The number of carboxylic acid groups (broad SMARTS) is 1. The van der Waals surface area contributed by atoms with Crippen LogP contribution >= 0.6 is 0 Å². The van der Waals surface area contributed by atoms with Crippen molar-refractivity contribution >= 4 is 22.8 Å². The second kappa shape index (κ2) is 5.53. The van der Waals surface area contributed by atoms with E-state index in [1.165, 1.54) is 12.1 Å². The number of nitro groups is 1. The SMILES string of the molecule is O=C(O)Cc1cccc(-c2c([N+](=O)[O-])oc3cc(F)ccc23)c1. The number of carbonyl (C=O) groups is 1. The standard InChI is InChI=1S/C16H10FNO5/c17-11-4-5-12-13(8-11)23-16(18(21)22)15(12)10-3-1-2-9(6-10)7-14(19)20/h1-6,8H,7H2,(H,19,20). The van der Waals surface area contributed by atoms with Crippen molar-refractivity contribution in [1.82, 2.24) is 0 Å². The van der Waals surface area contributed by atoms with Crippen LogP contribution < -0.4 is 0 Å². The summed E-state index contributed by atoms with van der Waals surface area (Å²) in [5.74, 6) is -2.07. The second-order valence-corrected chi connectivity index (χ2v) is 4.95. The van der Waals surface area contributed by atoms with Gasteiger partial charge in [0.2, 0.25) is 0 Å². The fourth-order valence-corrected chi connectivity index (χ4v) is 2.48. The van der Waals surface area contributed by atoms with Crippen LogP contribution in [0.25, 0.3) is 22.1 Å². The first-order valence-electron chi connectivity index (χ1n) is 6.63. The van der Waals surface area contributed by atoms with Crippen molar-refractivity contribution in [2.24, 2.45) is 0 Å². The number of hydrogen-bond donors (Lipinski definition) is 1. The fourth-order valence-electron chi connectivity index (χ4n) is 2.48. The largest absolute Gasteiger partial charge is 0.481 e. The summed E-state index contributed by atoms with van der Waals surface area (Å²) < 4.78 is 18.5. The highest BCUT2D eigenvalue weighted by atomic mass is 19.1. The van der Waals surface area contributed by atoms with Crippen molar-refractivity contribution in [3.63, 3.8) is 0 Å². The summed E-state index contributed by atoms with van der Waals surface area (Å²) in [6.07, 6.45) is -0.202. The molecule has 0 fully saturated rings. The first kappa shape index (κ1) is 14.7. The third-order valence-electron chi connectivity index (χ3n) is 3.37. The number of carboxylic acids is 1. The molecule has 0 aliphatic rings. The van der Waals surface area contributed by atoms with Crippen molar-refractivity contribution in [2.75, 3.05) is 0 Å². The number of nitrogens with zero attached hydrogens (tertiary/aromatic N) is 1. The Morgan fingerprint density at radius 1 is 1.26 bits per heavy atom. The van der Waals surface area contributed by atoms with Crippen LogP contribution in [0.15, 0.2) is 46.9 Å². The number of fused-ring (bicyclic) bond motifs is 1. The third-order valence-corrected chi connectivity index (χ3v) is 3.37. The van der Waals surface area contributed by atoms with Gasteiger partial charge in [-0.05, 0) is 23.3 Å². The summed E-state index contributed by atoms with van der Waals surface area (Å²) in [5.41, 5.74) is 1.22. The van der Waals surface area contributed by atoms with Gasteiger partial charge in [-0.3, -0.25) is 14.9 Å². The lowest BCUT2D eigenvalue weighted by molar-refractivity contribution is -0.400. The molecule has 3 aromatic rings. The Morgan fingerprint density at radius 2 is 2.04 bits per heavy atom. The molecule has 6 nitrogen and oxygen atoms in total. The van der Waals surface area contributed by atoms with Crippen LogP contribution in [-0.4, -0.2) is 16.0 Å². The van der Waals surface area contributed by atoms with Crippen LogP contribution in [0, 0.1) is 15.9 Å². The van der Waals surface area contributed by atoms with Gasteiger partial charge < -0.3 is 9.52 Å². The number of furan rings is 1. The van der Waals surface area contributed by atoms with Gasteiger partial charge in [0.15, 0.2) is 0 Å². The zero-order valence-electron chi connectivity index (χ0n) is 11.7. The number of hydrogen-bond acceptors (Lipinski definition) is 4. The van der Waals surface area contributed by atoms with E-state index in [4.69, 9.17) is 9.52 Å². The highest BCUT2D eigenvalue weighted by Crippen LogP contribution is 2.40. The van der Waals surface area contributed by atoms with Gasteiger partial charge >= 0.3 is 11.9 Å². The average molecular weight is 315 g/mol. The number of aliphatic carboxylic acids is 1. The second-order valence-electron chi connectivity index (χ2n) is 4.95. The Balaban J connectivity index is 2.24. The molecule has 0 unspecified atom stereocenters. The van der Waals surface area contributed by atoms with E-state index in [0.29, 0.717) is 16.5 Å². The van der Waals surface area contributed by atoms with Crippen LogP contribution in [-0.2, 0) is 11.2 Å². The monoisotopic (exact) mass is 315 g/mol. The Labute approximate surface area is 128 Å². The zero-order chi connectivity index (χ0) is 16.6. The third kappa shape index (κ3) is 2.76. The van der Waals surface area contributed by atoms with E-state index >= 15 is 0 Å². The van der Waals surface area contributed by atoms with Gasteiger partial charge in [0.1, 0.15) is 21.9 Å². The van der Waals surface area contributed by atoms with Gasteiger partial charge in [-0.15, -0.1) is 0 Å². The molecule has 0 bridgehead atoms. The Morgan fingerprint density at radius 3 is 2.74 bits per heavy atom. The summed E-state index contributed by atoms with van der Waals surface area (Å²) in [7, 11) is 0. The smallest absolute Gasteiger partial charge is 0.442 e. The maximum Gasteiger partial charge on any atom is 0.442 e. The Hall–Kier alpha value is -3.22. The minimum Gasteiger partial charge on any atom is -0.481 e. The van der Waals surface area contributed by atoms with Crippen LogP contribution in [0.5, 0.6) is 0 Å². The van der Waals surface area contributed by atoms with E-state index in [1.54, 1.807) is 24.3 Å². The van der Waals surface area contributed by atoms with Crippen LogP contribution in [0.4, 0.5) is 10.3 Å². The van der Waals surface area contributed by atoms with Crippen LogP contribution in [0.2, 0.25) is 0 Å². The molecule has 0 atom stereocenters. The fraction of sp³-hybridized carbons (Fsp3) is 0.0625. The molecule has 0 aliphatic heterocycles. The number of rotatable bonds is 4. The molecular weight excluding hydrogens is 305 g/mol. The predicted octanol–water partition coefficient (Wildman–Crippen LogP) is 3.77. The van der Waals surface area contributed by atoms with Crippen molar-refractivity contribution in [2.45, 2.75) is 6.42 Å². The summed E-state index contributed by atoms with van der Waals surface area (Å²) in [4.78, 5) is 21.4. The summed E-state index contributed by atoms with van der Waals surface area (Å²) in [6, 6.07) is 10.1. The van der Waals surface area contributed by atoms with Crippen molar-refractivity contribution < 1.29 is 23.6 Å². The molecule has 1 aromatic heterocycles. The van der Waals surface area contributed by atoms with Crippen molar-refractivity contribution in [1.29, 1.82) is 0 Å². The highest BCUT2D eigenvalue weighted by Gasteiger charge is 2.25. The maximum atomic E-state index is 13.3. The van der Waals surface area contributed by atoms with Gasteiger partial charge in [-0.25, -0.2) is 4.39 Å². The van der Waals surface area contributed by atoms with Gasteiger partial charge in [-0.2, -0.15) is 0 Å². The van der Waals surface area contributed by atoms with E-state index in [1.807, 2.05) is 0 Å². The highest BCUT2D eigenvalue weighted by molar-refractivity contribution is 5.98. The van der Waals surface area contributed by atoms with Crippen molar-refractivity contribution in [3.8, 4) is 11.1 Å². The summed E-state index contributed by atoms with van der Waals surface area (Å²) in [6.45, 7) is 0. The average Bonchev–Trinajstić information content (AvgIpc) is 2.85. The molecule has 0 saturated carbocycles. The quantitative estimate of drug-likeness (QED) is 0.584. The van der Waals surface area contributed by atoms with Gasteiger partial charge in [0, 0.05) is 11.5 Å². The molecule has 0 radical (unpaired) electrons. The lowest BCUT2D eigenvalue weighted by atomic mass is 10.0. The topological polar surface area (TPSA) is 93.6 Å². The normalized spacial score (nSPS) is 10.8. The van der Waals surface area contributed by atoms with E-state index in [2.05, 4.69) is 0 Å². The molecule has 3 rings (SSSR count). The minimum absolute atomic E-state index is 0.0651. The molecule has 23 heavy (non-hydrogen) atoms. The van der Waals surface area contributed by atoms with Gasteiger partial charge in [-0.1, -0.05) is 24.3 Å². The van der Waals surface area contributed by atoms with Crippen molar-refractivity contribution in [3.05, 3.63) is 64.0 Å². The number of halogens is 1. The molecule has 1 heterocycles. The lowest BCUT2D eigenvalue weighted by Crippen LogP contribution is -1.99. The van der Waals surface area contributed by atoms with Gasteiger partial charge in [0.05, 0.1) is 6.42 Å². The Bertz CT molecular complexity index is 931. The lowest BCUT2D eigenvalue weighted by Gasteiger charge is -2.02. The molecule has 1 N–H and O–H groups in total. The molecule has 7 heteroatoms. The molecule has 0 aliphatic carbocycles. The van der Waals surface area contributed by atoms with Gasteiger partial charge in [0.25, 0.3) is 0 Å². The van der Waals surface area contributed by atoms with Crippen LogP contribution in [0.3, 0.4) is 0 Å². The zero-order valence-corrected chi connectivity index (χ0v) is 11.7. The predicted molar refractivity (Wildman–Crippen MR) is 79.6 cm³/mol. The first-order chi connectivity index (χ1) is 11.0. The molecule has 0 amide bonds. The number of benzene rings is 2. The van der Waals surface area contributed by atoms with Crippen LogP contribution in [0.1, 0.15) is 5.56 Å². The summed E-state index contributed by atoms with van der Waals surface area (Å²) >= 11 is 0. The van der Waals surface area contributed by atoms with E-state index in [-0.39, 0.29) is 17.6 Å². The van der Waals surface area contributed by atoms with E-state index in [0.717, 1.165) is 6.07 Å². The minimum atomic E-state index is -1.00. The molecular formula is C16H10FNO5.